The second kappa shape index (κ2) is 8.89. The Morgan fingerprint density at radius 1 is 1.29 bits per heavy atom. The number of allylic oxidation sites excluding steroid dienone is 2. The molecule has 0 radical (unpaired) electrons. The molecule has 0 bridgehead atoms. The summed E-state index contributed by atoms with van der Waals surface area (Å²) in [5, 5.41) is 8.70. The summed E-state index contributed by atoms with van der Waals surface area (Å²) >= 11 is 0. The Bertz CT molecular complexity index is 601. The molecule has 1 atom stereocenters. The number of halogens is 3. The van der Waals surface area contributed by atoms with E-state index in [1.54, 1.807) is 6.07 Å². The van der Waals surface area contributed by atoms with Gasteiger partial charge in [-0.1, -0.05) is 18.2 Å². The molecule has 1 aromatic rings. The summed E-state index contributed by atoms with van der Waals surface area (Å²) in [5.74, 6) is -0.356. The van der Waals surface area contributed by atoms with E-state index in [0.717, 1.165) is 12.8 Å². The Labute approximate surface area is 140 Å². The van der Waals surface area contributed by atoms with Crippen LogP contribution in [0.4, 0.5) is 13.2 Å². The predicted octanol–water partition coefficient (Wildman–Crippen LogP) is 5.23. The Kier molecular flexibility index (Phi) is 6.86. The maximum Gasteiger partial charge on any atom is 0.264 e. The molecule has 1 aliphatic carbocycles. The normalized spacial score (nSPS) is 22.7. The summed E-state index contributed by atoms with van der Waals surface area (Å²) in [6.07, 6.45) is 3.67. The Morgan fingerprint density at radius 2 is 2.00 bits per heavy atom. The van der Waals surface area contributed by atoms with Crippen molar-refractivity contribution in [3.8, 4) is 6.07 Å². The molecule has 1 aromatic carbocycles. The minimum absolute atomic E-state index is 0.0635. The van der Waals surface area contributed by atoms with E-state index < -0.39 is 18.3 Å². The molecular formula is C19H22F3NO. The standard InChI is InChI=1S/C19H22F3NO/c1-2-3-13-4-7-15(8-5-13)18(19(21)22)24-12-14-6-9-16(11-23)17(20)10-14/h2-3,6,9-10,13,15,18-19H,4-5,7-8,12H2,1H3/b3-2+. The first-order chi connectivity index (χ1) is 11.5. The number of nitrogens with zero attached hydrogens (tertiary/aromatic N) is 1. The van der Waals surface area contributed by atoms with Crippen molar-refractivity contribution in [2.24, 2.45) is 11.8 Å². The van der Waals surface area contributed by atoms with Crippen molar-refractivity contribution in [1.29, 1.82) is 5.26 Å². The van der Waals surface area contributed by atoms with Crippen LogP contribution in [0.2, 0.25) is 0 Å². The van der Waals surface area contributed by atoms with Crippen LogP contribution in [-0.2, 0) is 11.3 Å². The molecule has 0 aliphatic heterocycles. The van der Waals surface area contributed by atoms with Gasteiger partial charge in [-0.3, -0.25) is 0 Å². The number of alkyl halides is 2. The van der Waals surface area contributed by atoms with Crippen molar-refractivity contribution in [3.05, 3.63) is 47.3 Å². The van der Waals surface area contributed by atoms with Gasteiger partial charge in [0.15, 0.2) is 0 Å². The van der Waals surface area contributed by atoms with E-state index in [4.69, 9.17) is 10.00 Å². The van der Waals surface area contributed by atoms with E-state index in [-0.39, 0.29) is 18.1 Å². The highest BCUT2D eigenvalue weighted by Crippen LogP contribution is 2.35. The second-order valence-corrected chi connectivity index (χ2v) is 6.24. The molecule has 130 valence electrons. The highest BCUT2D eigenvalue weighted by molar-refractivity contribution is 5.33. The Balaban J connectivity index is 1.95. The molecule has 1 unspecified atom stereocenters. The Hall–Kier alpha value is -1.80. The minimum Gasteiger partial charge on any atom is -0.367 e. The molecule has 2 nitrogen and oxygen atoms in total. The van der Waals surface area contributed by atoms with Gasteiger partial charge >= 0.3 is 0 Å². The van der Waals surface area contributed by atoms with Gasteiger partial charge in [-0.15, -0.1) is 0 Å². The number of nitriles is 1. The lowest BCUT2D eigenvalue weighted by Gasteiger charge is -2.32. The fourth-order valence-electron chi connectivity index (χ4n) is 3.28. The molecule has 1 saturated carbocycles. The van der Waals surface area contributed by atoms with Gasteiger partial charge in [-0.25, -0.2) is 13.2 Å². The number of hydrogen-bond donors (Lipinski definition) is 0. The van der Waals surface area contributed by atoms with E-state index >= 15 is 0 Å². The lowest BCUT2D eigenvalue weighted by molar-refractivity contribution is -0.101. The molecule has 2 rings (SSSR count). The van der Waals surface area contributed by atoms with E-state index in [2.05, 4.69) is 6.08 Å². The topological polar surface area (TPSA) is 33.0 Å². The summed E-state index contributed by atoms with van der Waals surface area (Å²) in [6, 6.07) is 5.78. The van der Waals surface area contributed by atoms with Crippen molar-refractivity contribution in [2.75, 3.05) is 0 Å². The SMILES string of the molecule is C/C=C/C1CCC(C(OCc2ccc(C#N)c(F)c2)C(F)F)CC1. The van der Waals surface area contributed by atoms with Gasteiger partial charge in [-0.05, 0) is 62.1 Å². The molecule has 1 fully saturated rings. The first-order valence-electron chi connectivity index (χ1n) is 8.26. The molecule has 0 spiro atoms. The quantitative estimate of drug-likeness (QED) is 0.666. The fourth-order valence-corrected chi connectivity index (χ4v) is 3.28. The third-order valence-corrected chi connectivity index (χ3v) is 4.59. The van der Waals surface area contributed by atoms with Gasteiger partial charge in [0, 0.05) is 0 Å². The van der Waals surface area contributed by atoms with E-state index in [1.807, 2.05) is 13.0 Å². The van der Waals surface area contributed by atoms with Crippen molar-refractivity contribution in [3.63, 3.8) is 0 Å². The lowest BCUT2D eigenvalue weighted by atomic mass is 9.79. The average Bonchev–Trinajstić information content (AvgIpc) is 2.56. The summed E-state index contributed by atoms with van der Waals surface area (Å²) in [5.41, 5.74) is 0.395. The molecule has 0 heterocycles. The fraction of sp³-hybridized carbons (Fsp3) is 0.526. The van der Waals surface area contributed by atoms with E-state index in [1.165, 1.54) is 18.2 Å². The van der Waals surface area contributed by atoms with Crippen LogP contribution in [0.3, 0.4) is 0 Å². The number of hydrogen-bond acceptors (Lipinski definition) is 2. The highest BCUT2D eigenvalue weighted by Gasteiger charge is 2.33. The molecule has 24 heavy (non-hydrogen) atoms. The van der Waals surface area contributed by atoms with Gasteiger partial charge < -0.3 is 4.74 Å². The van der Waals surface area contributed by atoms with Crippen molar-refractivity contribution in [1.82, 2.24) is 0 Å². The summed E-state index contributed by atoms with van der Waals surface area (Å²) in [7, 11) is 0. The van der Waals surface area contributed by atoms with Gasteiger partial charge in [0.1, 0.15) is 18.0 Å². The number of benzene rings is 1. The van der Waals surface area contributed by atoms with Crippen LogP contribution >= 0.6 is 0 Å². The van der Waals surface area contributed by atoms with Crippen molar-refractivity contribution in [2.45, 2.75) is 51.7 Å². The van der Waals surface area contributed by atoms with E-state index in [9.17, 15) is 13.2 Å². The van der Waals surface area contributed by atoms with Gasteiger partial charge in [0.25, 0.3) is 6.43 Å². The molecule has 0 saturated heterocycles. The van der Waals surface area contributed by atoms with Crippen LogP contribution in [0.25, 0.3) is 0 Å². The first kappa shape index (κ1) is 18.5. The molecule has 1 aliphatic rings. The first-order valence-corrected chi connectivity index (χ1v) is 8.26. The molecule has 0 aromatic heterocycles. The maximum absolute atomic E-state index is 13.6. The zero-order valence-corrected chi connectivity index (χ0v) is 13.7. The van der Waals surface area contributed by atoms with Crippen LogP contribution in [-0.4, -0.2) is 12.5 Å². The van der Waals surface area contributed by atoms with Gasteiger partial charge in [-0.2, -0.15) is 5.26 Å². The summed E-state index contributed by atoms with van der Waals surface area (Å²) < 4.78 is 45.8. The van der Waals surface area contributed by atoms with Crippen LogP contribution in [0.15, 0.2) is 30.4 Å². The lowest BCUT2D eigenvalue weighted by Crippen LogP contribution is -2.33. The van der Waals surface area contributed by atoms with Crippen LogP contribution < -0.4 is 0 Å². The monoisotopic (exact) mass is 337 g/mol. The van der Waals surface area contributed by atoms with Gasteiger partial charge in [0.2, 0.25) is 0 Å². The second-order valence-electron chi connectivity index (χ2n) is 6.24. The Morgan fingerprint density at radius 3 is 2.54 bits per heavy atom. The van der Waals surface area contributed by atoms with Crippen molar-refractivity contribution < 1.29 is 17.9 Å². The smallest absolute Gasteiger partial charge is 0.264 e. The summed E-state index contributed by atoms with van der Waals surface area (Å²) in [6.45, 7) is 1.89. The van der Waals surface area contributed by atoms with Crippen LogP contribution in [0, 0.1) is 29.0 Å². The maximum atomic E-state index is 13.6. The zero-order chi connectivity index (χ0) is 17.5. The van der Waals surface area contributed by atoms with Crippen LogP contribution in [0.1, 0.15) is 43.7 Å². The summed E-state index contributed by atoms with van der Waals surface area (Å²) in [4.78, 5) is 0. The predicted molar refractivity (Wildman–Crippen MR) is 86.0 cm³/mol. The molecular weight excluding hydrogens is 315 g/mol. The number of ether oxygens (including phenoxy) is 1. The molecule has 0 N–H and O–H groups in total. The third kappa shape index (κ3) is 4.85. The average molecular weight is 337 g/mol. The highest BCUT2D eigenvalue weighted by atomic mass is 19.3. The molecule has 0 amide bonds. The largest absolute Gasteiger partial charge is 0.367 e. The number of rotatable bonds is 6. The minimum atomic E-state index is -2.56. The zero-order valence-electron chi connectivity index (χ0n) is 13.7. The van der Waals surface area contributed by atoms with E-state index in [0.29, 0.717) is 24.3 Å². The van der Waals surface area contributed by atoms with Crippen LogP contribution in [0.5, 0.6) is 0 Å². The van der Waals surface area contributed by atoms with Crippen molar-refractivity contribution >= 4 is 0 Å². The third-order valence-electron chi connectivity index (χ3n) is 4.59. The van der Waals surface area contributed by atoms with Gasteiger partial charge in [0.05, 0.1) is 12.2 Å². The molecule has 5 heteroatoms.